The fourth-order valence-electron chi connectivity index (χ4n) is 4.51. The third-order valence-electron chi connectivity index (χ3n) is 6.04. The van der Waals surface area contributed by atoms with Gasteiger partial charge < -0.3 is 10.1 Å². The molecule has 0 aliphatic carbocycles. The lowest BCUT2D eigenvalue weighted by molar-refractivity contribution is 0.386. The number of rotatable bonds is 10. The molecule has 0 aliphatic rings. The second kappa shape index (κ2) is 11.0. The quantitative estimate of drug-likeness (QED) is 0.310. The number of hydrogen-bond donors (Lipinski definition) is 2. The molecule has 0 heterocycles. The summed E-state index contributed by atoms with van der Waals surface area (Å²) in [5.74, 6) is 0.915. The second-order valence-electron chi connectivity index (χ2n) is 8.34. The summed E-state index contributed by atoms with van der Waals surface area (Å²) in [5, 5.41) is 7.61. The van der Waals surface area contributed by atoms with Crippen molar-refractivity contribution in [3.63, 3.8) is 0 Å². The molecular formula is C30H32N2O. The molecule has 0 aromatic heterocycles. The molecule has 0 bridgehead atoms. The van der Waals surface area contributed by atoms with Crippen molar-refractivity contribution in [2.24, 2.45) is 0 Å². The standard InChI is InChI=1S/C30H32N2O/c1-24(22-31-23-25-14-12-13-21-29(25)33-2)32-30(26-15-6-3-7-16-26,27-17-8-4-9-18-27)28-19-10-5-11-20-28/h3-21,24,31-32H,22-23H2,1-2H3. The molecule has 0 radical (unpaired) electrons. The van der Waals surface area contributed by atoms with Gasteiger partial charge in [-0.2, -0.15) is 0 Å². The monoisotopic (exact) mass is 436 g/mol. The Bertz CT molecular complexity index is 1020. The summed E-state index contributed by atoms with van der Waals surface area (Å²) in [6.07, 6.45) is 0. The summed E-state index contributed by atoms with van der Waals surface area (Å²) >= 11 is 0. The van der Waals surface area contributed by atoms with Crippen molar-refractivity contribution < 1.29 is 4.74 Å². The molecule has 0 aliphatic heterocycles. The minimum absolute atomic E-state index is 0.195. The number of para-hydroxylation sites is 1. The van der Waals surface area contributed by atoms with Gasteiger partial charge >= 0.3 is 0 Å². The maximum absolute atomic E-state index is 5.50. The van der Waals surface area contributed by atoms with Crippen LogP contribution in [-0.2, 0) is 12.1 Å². The van der Waals surface area contributed by atoms with E-state index in [2.05, 4.69) is 115 Å². The van der Waals surface area contributed by atoms with E-state index in [1.165, 1.54) is 16.7 Å². The molecule has 3 nitrogen and oxygen atoms in total. The Morgan fingerprint density at radius 1 is 0.667 bits per heavy atom. The summed E-state index contributed by atoms with van der Waals surface area (Å²) in [5.41, 5.74) is 4.36. The van der Waals surface area contributed by atoms with E-state index in [1.807, 2.05) is 18.2 Å². The lowest BCUT2D eigenvalue weighted by Crippen LogP contribution is -2.51. The van der Waals surface area contributed by atoms with E-state index in [9.17, 15) is 0 Å². The molecule has 33 heavy (non-hydrogen) atoms. The van der Waals surface area contributed by atoms with Gasteiger partial charge in [0.05, 0.1) is 12.6 Å². The van der Waals surface area contributed by atoms with Crippen molar-refractivity contribution in [1.82, 2.24) is 10.6 Å². The van der Waals surface area contributed by atoms with Crippen LogP contribution in [0, 0.1) is 0 Å². The van der Waals surface area contributed by atoms with Gasteiger partial charge in [0.1, 0.15) is 5.75 Å². The molecule has 1 unspecified atom stereocenters. The highest BCUT2D eigenvalue weighted by atomic mass is 16.5. The number of benzene rings is 4. The van der Waals surface area contributed by atoms with Gasteiger partial charge in [0, 0.05) is 24.7 Å². The summed E-state index contributed by atoms with van der Waals surface area (Å²) in [4.78, 5) is 0. The van der Waals surface area contributed by atoms with Crippen LogP contribution in [0.3, 0.4) is 0 Å². The van der Waals surface area contributed by atoms with Gasteiger partial charge in [0.2, 0.25) is 0 Å². The Labute approximate surface area is 197 Å². The lowest BCUT2D eigenvalue weighted by Gasteiger charge is -2.39. The summed E-state index contributed by atoms with van der Waals surface area (Å²) in [6.45, 7) is 3.80. The molecule has 0 fully saturated rings. The molecule has 4 aromatic rings. The number of hydrogen-bond acceptors (Lipinski definition) is 3. The Morgan fingerprint density at radius 3 is 1.61 bits per heavy atom. The molecule has 0 amide bonds. The summed E-state index contributed by atoms with van der Waals surface area (Å²) < 4.78 is 5.50. The van der Waals surface area contributed by atoms with E-state index in [1.54, 1.807) is 7.11 Å². The van der Waals surface area contributed by atoms with Crippen molar-refractivity contribution in [1.29, 1.82) is 0 Å². The van der Waals surface area contributed by atoms with E-state index in [4.69, 9.17) is 4.74 Å². The van der Waals surface area contributed by atoms with Gasteiger partial charge in [0.25, 0.3) is 0 Å². The van der Waals surface area contributed by atoms with Gasteiger partial charge in [-0.3, -0.25) is 5.32 Å². The highest BCUT2D eigenvalue weighted by molar-refractivity contribution is 5.49. The smallest absolute Gasteiger partial charge is 0.123 e. The first-order chi connectivity index (χ1) is 16.2. The minimum Gasteiger partial charge on any atom is -0.496 e. The molecule has 0 saturated heterocycles. The van der Waals surface area contributed by atoms with Crippen molar-refractivity contribution in [2.75, 3.05) is 13.7 Å². The second-order valence-corrected chi connectivity index (χ2v) is 8.34. The van der Waals surface area contributed by atoms with Crippen LogP contribution in [0.15, 0.2) is 115 Å². The summed E-state index contributed by atoms with van der Waals surface area (Å²) in [7, 11) is 1.72. The first kappa shape index (κ1) is 22.8. The van der Waals surface area contributed by atoms with Gasteiger partial charge in [-0.05, 0) is 29.7 Å². The van der Waals surface area contributed by atoms with Crippen molar-refractivity contribution in [3.8, 4) is 5.75 Å². The van der Waals surface area contributed by atoms with Crippen LogP contribution in [0.1, 0.15) is 29.2 Å². The molecule has 0 spiro atoms. The Kier molecular flexibility index (Phi) is 7.56. The number of nitrogens with one attached hydrogen (secondary N) is 2. The van der Waals surface area contributed by atoms with E-state index in [-0.39, 0.29) is 6.04 Å². The van der Waals surface area contributed by atoms with E-state index in [0.29, 0.717) is 0 Å². The average Bonchev–Trinajstić information content (AvgIpc) is 2.89. The van der Waals surface area contributed by atoms with Gasteiger partial charge in [-0.15, -0.1) is 0 Å². The third-order valence-corrected chi connectivity index (χ3v) is 6.04. The Hall–Kier alpha value is -3.40. The highest BCUT2D eigenvalue weighted by Gasteiger charge is 2.37. The Balaban J connectivity index is 1.64. The van der Waals surface area contributed by atoms with Crippen LogP contribution in [0.25, 0.3) is 0 Å². The first-order valence-corrected chi connectivity index (χ1v) is 11.5. The van der Waals surface area contributed by atoms with Gasteiger partial charge in [-0.1, -0.05) is 109 Å². The third kappa shape index (κ3) is 5.16. The average molecular weight is 437 g/mol. The van der Waals surface area contributed by atoms with Crippen molar-refractivity contribution in [2.45, 2.75) is 25.0 Å². The predicted octanol–water partition coefficient (Wildman–Crippen LogP) is 5.76. The molecule has 1 atom stereocenters. The molecule has 0 saturated carbocycles. The zero-order chi connectivity index (χ0) is 22.9. The fraction of sp³-hybridized carbons (Fsp3) is 0.200. The van der Waals surface area contributed by atoms with Crippen LogP contribution in [0.4, 0.5) is 0 Å². The van der Waals surface area contributed by atoms with Crippen LogP contribution >= 0.6 is 0 Å². The predicted molar refractivity (Wildman–Crippen MR) is 137 cm³/mol. The Morgan fingerprint density at radius 2 is 1.12 bits per heavy atom. The normalized spacial score (nSPS) is 12.3. The number of ether oxygens (including phenoxy) is 1. The van der Waals surface area contributed by atoms with E-state index < -0.39 is 5.54 Å². The maximum Gasteiger partial charge on any atom is 0.123 e. The zero-order valence-electron chi connectivity index (χ0n) is 19.4. The number of methoxy groups -OCH3 is 1. The van der Waals surface area contributed by atoms with Crippen LogP contribution in [0.2, 0.25) is 0 Å². The molecule has 2 N–H and O–H groups in total. The molecule has 4 aromatic carbocycles. The molecule has 4 rings (SSSR count). The molecule has 3 heteroatoms. The minimum atomic E-state index is -0.463. The van der Waals surface area contributed by atoms with Crippen LogP contribution in [0.5, 0.6) is 5.75 Å². The topological polar surface area (TPSA) is 33.3 Å². The summed E-state index contributed by atoms with van der Waals surface area (Å²) in [6, 6.07) is 40.5. The SMILES string of the molecule is COc1ccccc1CNCC(C)NC(c1ccccc1)(c1ccccc1)c1ccccc1. The largest absolute Gasteiger partial charge is 0.496 e. The van der Waals surface area contributed by atoms with E-state index >= 15 is 0 Å². The van der Waals surface area contributed by atoms with Crippen molar-refractivity contribution >= 4 is 0 Å². The molecular weight excluding hydrogens is 404 g/mol. The highest BCUT2D eigenvalue weighted by Crippen LogP contribution is 2.37. The maximum atomic E-state index is 5.50. The fourth-order valence-corrected chi connectivity index (χ4v) is 4.51. The zero-order valence-corrected chi connectivity index (χ0v) is 19.4. The first-order valence-electron chi connectivity index (χ1n) is 11.5. The van der Waals surface area contributed by atoms with Crippen molar-refractivity contribution in [3.05, 3.63) is 138 Å². The van der Waals surface area contributed by atoms with Gasteiger partial charge in [-0.25, -0.2) is 0 Å². The molecule has 168 valence electrons. The van der Waals surface area contributed by atoms with Crippen LogP contribution < -0.4 is 15.4 Å². The van der Waals surface area contributed by atoms with E-state index in [0.717, 1.165) is 24.4 Å². The van der Waals surface area contributed by atoms with Crippen LogP contribution in [-0.4, -0.2) is 19.7 Å². The lowest BCUT2D eigenvalue weighted by atomic mass is 9.76. The van der Waals surface area contributed by atoms with Gasteiger partial charge in [0.15, 0.2) is 0 Å².